The van der Waals surface area contributed by atoms with Crippen molar-refractivity contribution in [2.75, 3.05) is 13.7 Å². The Morgan fingerprint density at radius 2 is 1.89 bits per heavy atom. The summed E-state index contributed by atoms with van der Waals surface area (Å²) in [5.74, 6) is 0.786. The van der Waals surface area contributed by atoms with E-state index >= 15 is 0 Å². The topological polar surface area (TPSA) is 57.3 Å². The third-order valence-electron chi connectivity index (χ3n) is 4.80. The second-order valence-corrected chi connectivity index (χ2v) is 7.08. The maximum atomic E-state index is 13.1. The minimum absolute atomic E-state index is 0.154. The van der Waals surface area contributed by atoms with Crippen LogP contribution in [-0.2, 0) is 9.47 Å². The fourth-order valence-electron chi connectivity index (χ4n) is 3.33. The van der Waals surface area contributed by atoms with Gasteiger partial charge in [-0.2, -0.15) is 0 Å². The lowest BCUT2D eigenvalue weighted by atomic mass is 10.0. The van der Waals surface area contributed by atoms with Crippen molar-refractivity contribution < 1.29 is 23.7 Å². The number of carbonyl (C=O) groups is 1. The molecule has 2 aliphatic rings. The van der Waals surface area contributed by atoms with Gasteiger partial charge in [0.15, 0.2) is 12.4 Å². The average Bonchev–Trinajstić information content (AvgIpc) is 3.49. The van der Waals surface area contributed by atoms with Crippen LogP contribution in [-0.4, -0.2) is 31.9 Å². The van der Waals surface area contributed by atoms with E-state index in [9.17, 15) is 4.79 Å². The first-order valence-electron chi connectivity index (χ1n) is 9.08. The first-order chi connectivity index (χ1) is 13.2. The summed E-state index contributed by atoms with van der Waals surface area (Å²) in [5, 5.41) is 0.648. The van der Waals surface area contributed by atoms with E-state index in [1.807, 2.05) is 12.1 Å². The van der Waals surface area contributed by atoms with Crippen molar-refractivity contribution in [2.24, 2.45) is 0 Å². The Bertz CT molecular complexity index is 814. The number of methoxy groups -OCH3 is 1. The zero-order valence-electron chi connectivity index (χ0n) is 15.0. The molecule has 0 aromatic heterocycles. The van der Waals surface area contributed by atoms with E-state index < -0.39 is 6.10 Å². The Morgan fingerprint density at radius 3 is 2.59 bits per heavy atom. The lowest BCUT2D eigenvalue weighted by Gasteiger charge is -2.24. The minimum Gasteiger partial charge on any atom is -0.496 e. The average molecular weight is 389 g/mol. The van der Waals surface area contributed by atoms with Gasteiger partial charge in [0.05, 0.1) is 13.7 Å². The highest BCUT2D eigenvalue weighted by Gasteiger charge is 2.47. The van der Waals surface area contributed by atoms with Crippen LogP contribution in [0.2, 0.25) is 5.02 Å². The molecule has 1 unspecified atom stereocenters. The first kappa shape index (κ1) is 18.3. The fourth-order valence-corrected chi connectivity index (χ4v) is 3.45. The fraction of sp³-hybridized carbons (Fsp3) is 0.381. The number of ketones is 1. The molecule has 0 saturated carbocycles. The van der Waals surface area contributed by atoms with Gasteiger partial charge >= 0.3 is 0 Å². The van der Waals surface area contributed by atoms with Crippen molar-refractivity contribution in [1.82, 2.24) is 0 Å². The molecule has 2 saturated heterocycles. The van der Waals surface area contributed by atoms with Gasteiger partial charge in [-0.3, -0.25) is 4.79 Å². The zero-order valence-corrected chi connectivity index (χ0v) is 15.8. The molecule has 5 nitrogen and oxygen atoms in total. The van der Waals surface area contributed by atoms with Crippen molar-refractivity contribution in [3.63, 3.8) is 0 Å². The number of ether oxygens (including phenoxy) is 4. The highest BCUT2D eigenvalue weighted by Crippen LogP contribution is 2.44. The lowest BCUT2D eigenvalue weighted by molar-refractivity contribution is -0.106. The smallest absolute Gasteiger partial charge is 0.202 e. The van der Waals surface area contributed by atoms with Crippen LogP contribution in [0.1, 0.15) is 41.3 Å². The van der Waals surface area contributed by atoms with E-state index in [0.717, 1.165) is 24.8 Å². The molecule has 2 aromatic rings. The van der Waals surface area contributed by atoms with Crippen molar-refractivity contribution in [1.29, 1.82) is 0 Å². The maximum absolute atomic E-state index is 13.1. The Morgan fingerprint density at radius 1 is 1.11 bits per heavy atom. The van der Waals surface area contributed by atoms with Gasteiger partial charge in [0.1, 0.15) is 23.2 Å². The minimum atomic E-state index is -0.558. The molecule has 142 valence electrons. The van der Waals surface area contributed by atoms with Crippen molar-refractivity contribution >= 4 is 17.4 Å². The van der Waals surface area contributed by atoms with Crippen LogP contribution in [0.25, 0.3) is 0 Å². The monoisotopic (exact) mass is 388 g/mol. The van der Waals surface area contributed by atoms with Crippen LogP contribution >= 0.6 is 11.6 Å². The normalized spacial score (nSPS) is 24.3. The van der Waals surface area contributed by atoms with E-state index in [4.69, 9.17) is 30.5 Å². The Balaban J connectivity index is 1.56. The number of hydrogen-bond donors (Lipinski definition) is 0. The predicted molar refractivity (Wildman–Crippen MR) is 101 cm³/mol. The molecule has 0 radical (unpaired) electrons. The van der Waals surface area contributed by atoms with Gasteiger partial charge in [-0.05, 0) is 42.7 Å². The zero-order chi connectivity index (χ0) is 18.8. The third kappa shape index (κ3) is 3.95. The van der Waals surface area contributed by atoms with Crippen LogP contribution in [0.3, 0.4) is 0 Å². The number of epoxide rings is 1. The Labute approximate surface area is 163 Å². The maximum Gasteiger partial charge on any atom is 0.202 e. The molecule has 2 heterocycles. The molecule has 0 spiro atoms. The highest BCUT2D eigenvalue weighted by molar-refractivity contribution is 6.30. The molecule has 27 heavy (non-hydrogen) atoms. The van der Waals surface area contributed by atoms with E-state index in [1.54, 1.807) is 30.3 Å². The van der Waals surface area contributed by atoms with E-state index in [0.29, 0.717) is 28.7 Å². The third-order valence-corrected chi connectivity index (χ3v) is 5.05. The van der Waals surface area contributed by atoms with Crippen LogP contribution < -0.4 is 9.47 Å². The van der Waals surface area contributed by atoms with Gasteiger partial charge < -0.3 is 18.9 Å². The predicted octanol–water partition coefficient (Wildman–Crippen LogP) is 4.58. The van der Waals surface area contributed by atoms with E-state index in [2.05, 4.69) is 0 Å². The molecular weight excluding hydrogens is 368 g/mol. The quantitative estimate of drug-likeness (QED) is 0.535. The number of rotatable bonds is 6. The molecular formula is C21H21ClO5. The second-order valence-electron chi connectivity index (χ2n) is 6.64. The summed E-state index contributed by atoms with van der Waals surface area (Å²) in [6.07, 6.45) is 1.70. The molecule has 2 fully saturated rings. The SMILES string of the molecule is COc1cccc(OC2CCCCO2)c1C(=O)[C@H]1O[C@@H]1c1ccc(Cl)cc1. The molecule has 0 amide bonds. The van der Waals surface area contributed by atoms with Gasteiger partial charge in [-0.1, -0.05) is 29.8 Å². The van der Waals surface area contributed by atoms with Crippen molar-refractivity contribution in [3.8, 4) is 11.5 Å². The van der Waals surface area contributed by atoms with Gasteiger partial charge in [0, 0.05) is 11.4 Å². The van der Waals surface area contributed by atoms with Gasteiger partial charge in [-0.15, -0.1) is 0 Å². The Hall–Kier alpha value is -2.08. The van der Waals surface area contributed by atoms with Crippen LogP contribution in [0.15, 0.2) is 42.5 Å². The summed E-state index contributed by atoms with van der Waals surface area (Å²) in [6, 6.07) is 12.6. The molecule has 4 rings (SSSR count). The summed E-state index contributed by atoms with van der Waals surface area (Å²) in [7, 11) is 1.54. The summed E-state index contributed by atoms with van der Waals surface area (Å²) < 4.78 is 22.7. The van der Waals surface area contributed by atoms with Gasteiger partial charge in [0.2, 0.25) is 5.78 Å². The number of benzene rings is 2. The second kappa shape index (κ2) is 7.89. The lowest BCUT2D eigenvalue weighted by Crippen LogP contribution is -2.26. The summed E-state index contributed by atoms with van der Waals surface area (Å²) in [6.45, 7) is 0.669. The Kier molecular flexibility index (Phi) is 5.34. The van der Waals surface area contributed by atoms with Crippen molar-refractivity contribution in [3.05, 3.63) is 58.6 Å². The molecule has 3 atom stereocenters. The summed E-state index contributed by atoms with van der Waals surface area (Å²) >= 11 is 5.93. The standard InChI is InChI=1S/C21H21ClO5/c1-24-15-5-4-6-16(26-17-7-2-3-12-25-17)18(15)19(23)21-20(27-21)13-8-10-14(22)11-9-13/h4-6,8-11,17,20-21H,2-3,7,12H2,1H3/t17?,20-,21-/m1/s1. The number of hydrogen-bond acceptors (Lipinski definition) is 5. The highest BCUT2D eigenvalue weighted by atomic mass is 35.5. The molecule has 0 N–H and O–H groups in total. The molecule has 0 aliphatic carbocycles. The van der Waals surface area contributed by atoms with Crippen LogP contribution in [0.5, 0.6) is 11.5 Å². The van der Waals surface area contributed by atoms with Crippen LogP contribution in [0.4, 0.5) is 0 Å². The first-order valence-corrected chi connectivity index (χ1v) is 9.45. The largest absolute Gasteiger partial charge is 0.496 e. The van der Waals surface area contributed by atoms with Gasteiger partial charge in [0.25, 0.3) is 0 Å². The van der Waals surface area contributed by atoms with Gasteiger partial charge in [-0.25, -0.2) is 0 Å². The van der Waals surface area contributed by atoms with E-state index in [1.165, 1.54) is 7.11 Å². The molecule has 6 heteroatoms. The molecule has 2 aromatic carbocycles. The summed E-state index contributed by atoms with van der Waals surface area (Å²) in [5.41, 5.74) is 1.32. The van der Waals surface area contributed by atoms with Crippen molar-refractivity contribution in [2.45, 2.75) is 37.8 Å². The number of halogens is 1. The van der Waals surface area contributed by atoms with E-state index in [-0.39, 0.29) is 18.2 Å². The number of carbonyl (C=O) groups excluding carboxylic acids is 1. The molecule has 0 bridgehead atoms. The number of Topliss-reactive ketones (excluding diaryl/α,β-unsaturated/α-hetero) is 1. The molecule has 2 aliphatic heterocycles. The summed E-state index contributed by atoms with van der Waals surface area (Å²) in [4.78, 5) is 13.1. The van der Waals surface area contributed by atoms with Crippen LogP contribution in [0, 0.1) is 0 Å².